The van der Waals surface area contributed by atoms with Gasteiger partial charge in [-0.05, 0) is 32.0 Å². The topological polar surface area (TPSA) is 64.6 Å². The van der Waals surface area contributed by atoms with Crippen LogP contribution in [0.4, 0.5) is 16.2 Å². The zero-order valence-electron chi connectivity index (χ0n) is 11.6. The second-order valence-corrected chi connectivity index (χ2v) is 5.59. The van der Waals surface area contributed by atoms with Crippen LogP contribution in [0.2, 0.25) is 5.02 Å². The van der Waals surface area contributed by atoms with Crippen molar-refractivity contribution in [1.29, 1.82) is 0 Å². The van der Waals surface area contributed by atoms with Crippen LogP contribution in [0.3, 0.4) is 0 Å². The molecule has 1 rings (SSSR count). The fourth-order valence-electron chi connectivity index (χ4n) is 1.46. The number of anilines is 2. The Morgan fingerprint density at radius 1 is 1.42 bits per heavy atom. The Kier molecular flexibility index (Phi) is 5.03. The first-order chi connectivity index (χ1) is 8.75. The number of aliphatic hydroxyl groups is 1. The van der Waals surface area contributed by atoms with E-state index in [-0.39, 0.29) is 12.6 Å². The summed E-state index contributed by atoms with van der Waals surface area (Å²) in [7, 11) is 3.79. The van der Waals surface area contributed by atoms with Crippen LogP contribution >= 0.6 is 11.6 Å². The van der Waals surface area contributed by atoms with Crippen LogP contribution in [-0.4, -0.2) is 37.4 Å². The highest BCUT2D eigenvalue weighted by atomic mass is 35.5. The molecule has 0 unspecified atom stereocenters. The van der Waals surface area contributed by atoms with E-state index in [1.165, 1.54) is 0 Å². The van der Waals surface area contributed by atoms with E-state index in [9.17, 15) is 4.79 Å². The Labute approximate surface area is 118 Å². The molecule has 6 heteroatoms. The number of hydrogen-bond donors (Lipinski definition) is 3. The van der Waals surface area contributed by atoms with Crippen molar-refractivity contribution in [3.63, 3.8) is 0 Å². The van der Waals surface area contributed by atoms with Gasteiger partial charge in [0.15, 0.2) is 0 Å². The van der Waals surface area contributed by atoms with Crippen molar-refractivity contribution in [2.75, 3.05) is 30.9 Å². The molecule has 0 aromatic heterocycles. The maximum Gasteiger partial charge on any atom is 0.319 e. The van der Waals surface area contributed by atoms with Crippen molar-refractivity contribution in [2.45, 2.75) is 19.4 Å². The van der Waals surface area contributed by atoms with E-state index in [1.807, 2.05) is 25.1 Å². The van der Waals surface area contributed by atoms with Gasteiger partial charge in [0.25, 0.3) is 0 Å². The van der Waals surface area contributed by atoms with Gasteiger partial charge in [0, 0.05) is 19.8 Å². The lowest BCUT2D eigenvalue weighted by Gasteiger charge is -2.23. The van der Waals surface area contributed by atoms with Gasteiger partial charge in [-0.3, -0.25) is 0 Å². The van der Waals surface area contributed by atoms with Crippen molar-refractivity contribution < 1.29 is 9.90 Å². The molecule has 0 aliphatic rings. The number of carbonyl (C=O) groups is 1. The Balaban J connectivity index is 2.73. The van der Waals surface area contributed by atoms with Crippen LogP contribution in [0, 0.1) is 0 Å². The molecule has 5 nitrogen and oxygen atoms in total. The molecule has 0 spiro atoms. The molecule has 0 heterocycles. The summed E-state index contributed by atoms with van der Waals surface area (Å²) in [4.78, 5) is 13.6. The first-order valence-electron chi connectivity index (χ1n) is 5.92. The third-order valence-electron chi connectivity index (χ3n) is 2.53. The molecule has 1 aromatic rings. The fourth-order valence-corrected chi connectivity index (χ4v) is 1.81. The minimum Gasteiger partial charge on any atom is -0.394 e. The van der Waals surface area contributed by atoms with E-state index in [4.69, 9.17) is 16.7 Å². The number of aliphatic hydroxyl groups excluding tert-OH is 1. The molecule has 0 aliphatic heterocycles. The van der Waals surface area contributed by atoms with Crippen LogP contribution < -0.4 is 15.5 Å². The molecule has 0 bridgehead atoms. The molecule has 2 amide bonds. The third kappa shape index (κ3) is 4.61. The summed E-state index contributed by atoms with van der Waals surface area (Å²) >= 11 is 6.11. The summed E-state index contributed by atoms with van der Waals surface area (Å²) in [5, 5.41) is 15.0. The van der Waals surface area contributed by atoms with Crippen molar-refractivity contribution in [2.24, 2.45) is 0 Å². The molecule has 0 radical (unpaired) electrons. The van der Waals surface area contributed by atoms with Crippen molar-refractivity contribution in [1.82, 2.24) is 5.32 Å². The summed E-state index contributed by atoms with van der Waals surface area (Å²) in [5.74, 6) is 0. The number of carbonyl (C=O) groups excluding carboxylic acids is 1. The quantitative estimate of drug-likeness (QED) is 0.795. The minimum absolute atomic E-state index is 0.138. The second-order valence-electron chi connectivity index (χ2n) is 5.18. The summed E-state index contributed by atoms with van der Waals surface area (Å²) in [5.41, 5.74) is 0.808. The molecule has 0 fully saturated rings. The van der Waals surface area contributed by atoms with Gasteiger partial charge in [0.1, 0.15) is 0 Å². The lowest BCUT2D eigenvalue weighted by molar-refractivity contribution is 0.187. The predicted molar refractivity (Wildman–Crippen MR) is 79.1 cm³/mol. The number of halogens is 1. The molecule has 106 valence electrons. The van der Waals surface area contributed by atoms with E-state index in [1.54, 1.807) is 26.0 Å². The minimum atomic E-state index is -0.669. The molecule has 0 aliphatic carbocycles. The van der Waals surface area contributed by atoms with Gasteiger partial charge in [0.2, 0.25) is 0 Å². The van der Waals surface area contributed by atoms with E-state index < -0.39 is 5.54 Å². The lowest BCUT2D eigenvalue weighted by atomic mass is 10.1. The highest BCUT2D eigenvalue weighted by Gasteiger charge is 2.19. The number of amides is 2. The molecule has 0 atom stereocenters. The number of hydrogen-bond acceptors (Lipinski definition) is 3. The highest BCUT2D eigenvalue weighted by molar-refractivity contribution is 6.33. The molecular weight excluding hydrogens is 266 g/mol. The summed E-state index contributed by atoms with van der Waals surface area (Å²) in [6.07, 6.45) is 0. The zero-order chi connectivity index (χ0) is 14.6. The second kappa shape index (κ2) is 6.12. The Bertz CT molecular complexity index is 461. The van der Waals surface area contributed by atoms with Crippen LogP contribution in [-0.2, 0) is 0 Å². The van der Waals surface area contributed by atoms with Gasteiger partial charge >= 0.3 is 6.03 Å². The molecule has 1 aromatic carbocycles. The summed E-state index contributed by atoms with van der Waals surface area (Å²) in [6, 6.07) is 4.90. The van der Waals surface area contributed by atoms with Crippen molar-refractivity contribution >= 4 is 29.0 Å². The molecular formula is C13H20ClN3O2. The molecule has 3 N–H and O–H groups in total. The van der Waals surface area contributed by atoms with Gasteiger partial charge < -0.3 is 20.6 Å². The largest absolute Gasteiger partial charge is 0.394 e. The first-order valence-corrected chi connectivity index (χ1v) is 6.30. The average Bonchev–Trinajstić information content (AvgIpc) is 2.27. The van der Waals surface area contributed by atoms with E-state index in [0.29, 0.717) is 10.7 Å². The van der Waals surface area contributed by atoms with E-state index in [0.717, 1.165) is 5.69 Å². The Morgan fingerprint density at radius 3 is 2.53 bits per heavy atom. The summed E-state index contributed by atoms with van der Waals surface area (Å²) in [6.45, 7) is 3.32. The zero-order valence-corrected chi connectivity index (χ0v) is 12.4. The number of rotatable bonds is 4. The Hall–Kier alpha value is -1.46. The van der Waals surface area contributed by atoms with Gasteiger partial charge in [-0.1, -0.05) is 11.6 Å². The number of benzene rings is 1. The molecule has 0 saturated carbocycles. The smallest absolute Gasteiger partial charge is 0.319 e. The van der Waals surface area contributed by atoms with Crippen LogP contribution in [0.25, 0.3) is 0 Å². The van der Waals surface area contributed by atoms with Crippen LogP contribution in [0.5, 0.6) is 0 Å². The molecule has 19 heavy (non-hydrogen) atoms. The summed E-state index contributed by atoms with van der Waals surface area (Å²) < 4.78 is 0. The van der Waals surface area contributed by atoms with Gasteiger partial charge in [-0.15, -0.1) is 0 Å². The standard InChI is InChI=1S/C13H20ClN3O2/c1-13(2,8-18)16-12(19)15-9-5-6-11(17(3)4)10(14)7-9/h5-7,18H,8H2,1-4H3,(H2,15,16,19). The fraction of sp³-hybridized carbons (Fsp3) is 0.462. The van der Waals surface area contributed by atoms with Gasteiger partial charge in [0.05, 0.1) is 22.9 Å². The van der Waals surface area contributed by atoms with Gasteiger partial charge in [-0.2, -0.15) is 0 Å². The number of nitrogens with zero attached hydrogens (tertiary/aromatic N) is 1. The lowest BCUT2D eigenvalue weighted by Crippen LogP contribution is -2.48. The third-order valence-corrected chi connectivity index (χ3v) is 2.84. The SMILES string of the molecule is CN(C)c1ccc(NC(=O)NC(C)(C)CO)cc1Cl. The van der Waals surface area contributed by atoms with Gasteiger partial charge in [-0.25, -0.2) is 4.79 Å². The number of nitrogens with one attached hydrogen (secondary N) is 2. The maximum atomic E-state index is 11.7. The number of urea groups is 1. The van der Waals surface area contributed by atoms with E-state index in [2.05, 4.69) is 10.6 Å². The average molecular weight is 286 g/mol. The predicted octanol–water partition coefficient (Wildman–Crippen LogP) is 2.30. The monoisotopic (exact) mass is 285 g/mol. The normalized spacial score (nSPS) is 11.1. The van der Waals surface area contributed by atoms with Crippen molar-refractivity contribution in [3.05, 3.63) is 23.2 Å². The van der Waals surface area contributed by atoms with E-state index >= 15 is 0 Å². The highest BCUT2D eigenvalue weighted by Crippen LogP contribution is 2.27. The Morgan fingerprint density at radius 2 is 2.05 bits per heavy atom. The van der Waals surface area contributed by atoms with Crippen LogP contribution in [0.1, 0.15) is 13.8 Å². The maximum absolute atomic E-state index is 11.7. The first kappa shape index (κ1) is 15.6. The van der Waals surface area contributed by atoms with Crippen molar-refractivity contribution in [3.8, 4) is 0 Å². The van der Waals surface area contributed by atoms with Crippen LogP contribution in [0.15, 0.2) is 18.2 Å². The molecule has 0 saturated heterocycles.